The van der Waals surface area contributed by atoms with Gasteiger partial charge in [-0.15, -0.1) is 0 Å². The molecule has 3 heteroatoms. The monoisotopic (exact) mass is 227 g/mol. The maximum atomic E-state index is 12.2. The predicted molar refractivity (Wildman–Crippen MR) is 62.3 cm³/mol. The zero-order chi connectivity index (χ0) is 11.4. The third kappa shape index (κ3) is 2.02. The van der Waals surface area contributed by atoms with E-state index in [1.54, 1.807) is 36.4 Å². The van der Waals surface area contributed by atoms with Crippen molar-refractivity contribution < 1.29 is 4.21 Å². The largest absolute Gasteiger partial charge is 0.249 e. The van der Waals surface area contributed by atoms with Crippen LogP contribution in [0.4, 0.5) is 0 Å². The van der Waals surface area contributed by atoms with Crippen molar-refractivity contribution in [3.8, 4) is 6.07 Å². The van der Waals surface area contributed by atoms with Crippen LogP contribution in [0, 0.1) is 11.3 Å². The van der Waals surface area contributed by atoms with E-state index in [-0.39, 0.29) is 0 Å². The Morgan fingerprint density at radius 2 is 1.56 bits per heavy atom. The van der Waals surface area contributed by atoms with E-state index in [9.17, 15) is 4.21 Å². The first-order valence-corrected chi connectivity index (χ1v) is 5.94. The minimum absolute atomic E-state index is 0.463. The molecule has 0 N–H and O–H groups in total. The predicted octanol–water partition coefficient (Wildman–Crippen LogP) is 2.72. The van der Waals surface area contributed by atoms with Gasteiger partial charge in [0.2, 0.25) is 0 Å². The lowest BCUT2D eigenvalue weighted by atomic mass is 10.2. The van der Waals surface area contributed by atoms with E-state index >= 15 is 0 Å². The molecule has 0 aliphatic carbocycles. The van der Waals surface area contributed by atoms with Crippen LogP contribution in [0.25, 0.3) is 0 Å². The molecule has 0 fully saturated rings. The summed E-state index contributed by atoms with van der Waals surface area (Å²) in [5.41, 5.74) is 0.463. The number of hydrogen-bond donors (Lipinski definition) is 0. The topological polar surface area (TPSA) is 40.9 Å². The van der Waals surface area contributed by atoms with Crippen LogP contribution in [-0.4, -0.2) is 4.21 Å². The molecule has 16 heavy (non-hydrogen) atoms. The summed E-state index contributed by atoms with van der Waals surface area (Å²) in [5.74, 6) is 0. The summed E-state index contributed by atoms with van der Waals surface area (Å²) in [6, 6.07) is 18.1. The van der Waals surface area contributed by atoms with Crippen LogP contribution in [-0.2, 0) is 10.8 Å². The number of rotatable bonds is 2. The molecule has 0 amide bonds. The van der Waals surface area contributed by atoms with Gasteiger partial charge in [0.25, 0.3) is 0 Å². The Morgan fingerprint density at radius 1 is 0.938 bits per heavy atom. The molecule has 78 valence electrons. The Bertz CT molecular complexity index is 558. The molecule has 2 nitrogen and oxygen atoms in total. The molecule has 0 aromatic heterocycles. The van der Waals surface area contributed by atoms with Gasteiger partial charge in [-0.05, 0) is 24.3 Å². The minimum Gasteiger partial charge on any atom is -0.249 e. The standard InChI is InChI=1S/C13H9NOS/c14-10-11-6-4-5-9-13(11)16(15)12-7-2-1-3-8-12/h1-9H. The van der Waals surface area contributed by atoms with Crippen LogP contribution in [0.2, 0.25) is 0 Å². The summed E-state index contributed by atoms with van der Waals surface area (Å²) in [7, 11) is -1.28. The van der Waals surface area contributed by atoms with E-state index in [1.807, 2.05) is 18.2 Å². The lowest BCUT2D eigenvalue weighted by molar-refractivity contribution is 0.683. The van der Waals surface area contributed by atoms with E-state index in [0.29, 0.717) is 15.4 Å². The van der Waals surface area contributed by atoms with Crippen molar-refractivity contribution in [3.63, 3.8) is 0 Å². The fraction of sp³-hybridized carbons (Fsp3) is 0. The van der Waals surface area contributed by atoms with E-state index in [4.69, 9.17) is 5.26 Å². The van der Waals surface area contributed by atoms with Crippen molar-refractivity contribution in [2.45, 2.75) is 9.79 Å². The molecule has 0 saturated heterocycles. The zero-order valence-electron chi connectivity index (χ0n) is 8.46. The lowest BCUT2D eigenvalue weighted by Crippen LogP contribution is -1.95. The smallest absolute Gasteiger partial charge is 0.100 e. The second-order valence-corrected chi connectivity index (χ2v) is 4.64. The number of hydrogen-bond acceptors (Lipinski definition) is 2. The van der Waals surface area contributed by atoms with Gasteiger partial charge < -0.3 is 0 Å². The van der Waals surface area contributed by atoms with Gasteiger partial charge in [0, 0.05) is 4.90 Å². The normalized spacial score (nSPS) is 11.7. The summed E-state index contributed by atoms with van der Waals surface area (Å²) < 4.78 is 12.2. The number of nitriles is 1. The van der Waals surface area contributed by atoms with Crippen LogP contribution < -0.4 is 0 Å². The van der Waals surface area contributed by atoms with Crippen molar-refractivity contribution in [3.05, 3.63) is 60.2 Å². The SMILES string of the molecule is N#Cc1ccccc1S(=O)c1ccccc1. The average Bonchev–Trinajstić information content (AvgIpc) is 2.39. The Labute approximate surface area is 96.6 Å². The van der Waals surface area contributed by atoms with Crippen LogP contribution >= 0.6 is 0 Å². The molecule has 1 unspecified atom stereocenters. The van der Waals surface area contributed by atoms with Crippen molar-refractivity contribution in [1.29, 1.82) is 5.26 Å². The number of benzene rings is 2. The minimum atomic E-state index is -1.28. The van der Waals surface area contributed by atoms with Gasteiger partial charge >= 0.3 is 0 Å². The maximum absolute atomic E-state index is 12.2. The van der Waals surface area contributed by atoms with E-state index < -0.39 is 10.8 Å². The van der Waals surface area contributed by atoms with Gasteiger partial charge in [0.1, 0.15) is 6.07 Å². The molecule has 0 radical (unpaired) electrons. The fourth-order valence-electron chi connectivity index (χ4n) is 1.39. The zero-order valence-corrected chi connectivity index (χ0v) is 9.28. The van der Waals surface area contributed by atoms with E-state index in [0.717, 1.165) is 0 Å². The third-order valence-electron chi connectivity index (χ3n) is 2.16. The molecule has 2 aromatic carbocycles. The summed E-state index contributed by atoms with van der Waals surface area (Å²) in [6.45, 7) is 0. The van der Waals surface area contributed by atoms with Crippen molar-refractivity contribution in [2.24, 2.45) is 0 Å². The Hall–Kier alpha value is -1.92. The first-order valence-electron chi connectivity index (χ1n) is 4.79. The van der Waals surface area contributed by atoms with Crippen LogP contribution in [0.5, 0.6) is 0 Å². The molecule has 0 bridgehead atoms. The van der Waals surface area contributed by atoms with Crippen LogP contribution in [0.1, 0.15) is 5.56 Å². The quantitative estimate of drug-likeness (QED) is 0.791. The van der Waals surface area contributed by atoms with E-state index in [2.05, 4.69) is 6.07 Å². The van der Waals surface area contributed by atoms with Crippen molar-refractivity contribution in [1.82, 2.24) is 0 Å². The first-order chi connectivity index (χ1) is 7.83. The molecule has 0 spiro atoms. The van der Waals surface area contributed by atoms with Crippen LogP contribution in [0.3, 0.4) is 0 Å². The molecule has 1 atom stereocenters. The van der Waals surface area contributed by atoms with Gasteiger partial charge in [0.15, 0.2) is 0 Å². The van der Waals surface area contributed by atoms with Crippen molar-refractivity contribution >= 4 is 10.8 Å². The Kier molecular flexibility index (Phi) is 3.13. The van der Waals surface area contributed by atoms with Crippen molar-refractivity contribution in [2.75, 3.05) is 0 Å². The average molecular weight is 227 g/mol. The van der Waals surface area contributed by atoms with E-state index in [1.165, 1.54) is 0 Å². The highest BCUT2D eigenvalue weighted by Gasteiger charge is 2.10. The second kappa shape index (κ2) is 4.73. The third-order valence-corrected chi connectivity index (χ3v) is 3.62. The molecule has 2 rings (SSSR count). The molecular formula is C13H9NOS. The molecule has 0 heterocycles. The van der Waals surface area contributed by atoms with Gasteiger partial charge in [-0.1, -0.05) is 30.3 Å². The highest BCUT2D eigenvalue weighted by Crippen LogP contribution is 2.19. The fourth-order valence-corrected chi connectivity index (χ4v) is 2.57. The molecule has 0 saturated carbocycles. The van der Waals surface area contributed by atoms with Crippen LogP contribution in [0.15, 0.2) is 64.4 Å². The lowest BCUT2D eigenvalue weighted by Gasteiger charge is -2.03. The maximum Gasteiger partial charge on any atom is 0.100 e. The highest BCUT2D eigenvalue weighted by atomic mass is 32.2. The molecular weight excluding hydrogens is 218 g/mol. The van der Waals surface area contributed by atoms with Gasteiger partial charge in [0.05, 0.1) is 21.3 Å². The molecule has 0 aliphatic heterocycles. The summed E-state index contributed by atoms with van der Waals surface area (Å²) in [4.78, 5) is 1.28. The summed E-state index contributed by atoms with van der Waals surface area (Å²) in [6.07, 6.45) is 0. The van der Waals surface area contributed by atoms with Gasteiger partial charge in [-0.25, -0.2) is 4.21 Å². The number of nitrogens with zero attached hydrogens (tertiary/aromatic N) is 1. The summed E-state index contributed by atoms with van der Waals surface area (Å²) >= 11 is 0. The Morgan fingerprint density at radius 3 is 2.25 bits per heavy atom. The van der Waals surface area contributed by atoms with Gasteiger partial charge in [-0.2, -0.15) is 5.26 Å². The molecule has 2 aromatic rings. The Balaban J connectivity index is 2.47. The first kappa shape index (κ1) is 10.6. The summed E-state index contributed by atoms with van der Waals surface area (Å²) in [5, 5.41) is 8.93. The molecule has 0 aliphatic rings. The van der Waals surface area contributed by atoms with Gasteiger partial charge in [-0.3, -0.25) is 0 Å². The second-order valence-electron chi connectivity index (χ2n) is 3.19. The highest BCUT2D eigenvalue weighted by molar-refractivity contribution is 7.85.